The lowest BCUT2D eigenvalue weighted by Gasteiger charge is -2.10. The molecule has 5 nitrogen and oxygen atoms in total. The van der Waals surface area contributed by atoms with E-state index < -0.39 is 17.6 Å². The number of carbonyl (C=O) groups is 2. The summed E-state index contributed by atoms with van der Waals surface area (Å²) in [6, 6.07) is 13.6. The number of hydrogen-bond acceptors (Lipinski definition) is 3. The van der Waals surface area contributed by atoms with Crippen LogP contribution >= 0.6 is 11.6 Å². The standard InChI is InChI=1S/C18H12ClFN2O3/c19-12-5-6-15(20)13(9-12)17(24)21-22-18(25)14-7-10-3-1-2-4-11(10)8-16(14)23/h1-9,23H,(H,21,24)(H,22,25). The lowest BCUT2D eigenvalue weighted by atomic mass is 10.1. The molecule has 0 aliphatic carbocycles. The maximum absolute atomic E-state index is 13.6. The summed E-state index contributed by atoms with van der Waals surface area (Å²) in [6.45, 7) is 0. The summed E-state index contributed by atoms with van der Waals surface area (Å²) in [5, 5.41) is 11.7. The van der Waals surface area contributed by atoms with Crippen molar-refractivity contribution in [2.45, 2.75) is 0 Å². The van der Waals surface area contributed by atoms with Crippen molar-refractivity contribution in [3.8, 4) is 5.75 Å². The first-order chi connectivity index (χ1) is 12.0. The number of rotatable bonds is 2. The zero-order valence-electron chi connectivity index (χ0n) is 12.7. The molecule has 2 amide bonds. The van der Waals surface area contributed by atoms with Gasteiger partial charge in [-0.2, -0.15) is 0 Å². The maximum atomic E-state index is 13.6. The van der Waals surface area contributed by atoms with Crippen molar-refractivity contribution < 1.29 is 19.1 Å². The van der Waals surface area contributed by atoms with Crippen molar-refractivity contribution >= 4 is 34.2 Å². The van der Waals surface area contributed by atoms with E-state index in [0.717, 1.165) is 22.9 Å². The van der Waals surface area contributed by atoms with Crippen molar-refractivity contribution in [1.29, 1.82) is 0 Å². The summed E-state index contributed by atoms with van der Waals surface area (Å²) in [6.07, 6.45) is 0. The van der Waals surface area contributed by atoms with E-state index in [-0.39, 0.29) is 21.9 Å². The van der Waals surface area contributed by atoms with Crippen LogP contribution in [0.3, 0.4) is 0 Å². The van der Waals surface area contributed by atoms with Gasteiger partial charge in [0.05, 0.1) is 11.1 Å². The molecular weight excluding hydrogens is 347 g/mol. The fourth-order valence-corrected chi connectivity index (χ4v) is 2.50. The van der Waals surface area contributed by atoms with Crippen LogP contribution in [-0.4, -0.2) is 16.9 Å². The van der Waals surface area contributed by atoms with Gasteiger partial charge in [0.1, 0.15) is 11.6 Å². The van der Waals surface area contributed by atoms with Crippen LogP contribution in [0.4, 0.5) is 4.39 Å². The average molecular weight is 359 g/mol. The Morgan fingerprint density at radius 3 is 2.16 bits per heavy atom. The quantitative estimate of drug-likeness (QED) is 0.614. The third kappa shape index (κ3) is 3.54. The Kier molecular flexibility index (Phi) is 4.54. The van der Waals surface area contributed by atoms with Gasteiger partial charge in [-0.15, -0.1) is 0 Å². The van der Waals surface area contributed by atoms with E-state index in [1.807, 2.05) is 0 Å². The van der Waals surface area contributed by atoms with E-state index in [9.17, 15) is 19.1 Å². The number of nitrogens with one attached hydrogen (secondary N) is 2. The van der Waals surface area contributed by atoms with E-state index in [1.165, 1.54) is 18.2 Å². The van der Waals surface area contributed by atoms with Gasteiger partial charge < -0.3 is 5.11 Å². The molecule has 0 spiro atoms. The Labute approximate surface area is 147 Å². The minimum Gasteiger partial charge on any atom is -0.507 e. The average Bonchev–Trinajstić information content (AvgIpc) is 2.60. The number of phenolic OH excluding ortho intramolecular Hbond substituents is 1. The predicted octanol–water partition coefficient (Wildman–Crippen LogP) is 3.41. The minimum atomic E-state index is -0.867. The zero-order valence-corrected chi connectivity index (χ0v) is 13.5. The largest absolute Gasteiger partial charge is 0.507 e. The van der Waals surface area contributed by atoms with Crippen LogP contribution in [0.25, 0.3) is 10.8 Å². The van der Waals surface area contributed by atoms with Crippen LogP contribution in [-0.2, 0) is 0 Å². The number of fused-ring (bicyclic) bond motifs is 1. The molecule has 0 fully saturated rings. The number of amides is 2. The van der Waals surface area contributed by atoms with Crippen molar-refractivity contribution in [3.63, 3.8) is 0 Å². The molecule has 0 aliphatic heterocycles. The SMILES string of the molecule is O=C(NNC(=O)c1cc(Cl)ccc1F)c1cc2ccccc2cc1O. The zero-order chi connectivity index (χ0) is 18.0. The highest BCUT2D eigenvalue weighted by molar-refractivity contribution is 6.31. The number of hydrazine groups is 1. The number of phenols is 1. The normalized spacial score (nSPS) is 10.5. The second-order valence-electron chi connectivity index (χ2n) is 5.25. The Balaban J connectivity index is 1.77. The first kappa shape index (κ1) is 16.7. The monoisotopic (exact) mass is 358 g/mol. The molecule has 0 saturated heterocycles. The minimum absolute atomic E-state index is 0.0226. The van der Waals surface area contributed by atoms with Gasteiger partial charge in [-0.05, 0) is 41.1 Å². The molecule has 0 bridgehead atoms. The molecular formula is C18H12ClFN2O3. The topological polar surface area (TPSA) is 78.4 Å². The van der Waals surface area contributed by atoms with E-state index in [4.69, 9.17) is 11.6 Å². The van der Waals surface area contributed by atoms with Crippen LogP contribution in [0.5, 0.6) is 5.75 Å². The lowest BCUT2D eigenvalue weighted by molar-refractivity contribution is 0.0842. The Morgan fingerprint density at radius 1 is 0.880 bits per heavy atom. The molecule has 7 heteroatoms. The smallest absolute Gasteiger partial charge is 0.273 e. The summed E-state index contributed by atoms with van der Waals surface area (Å²) >= 11 is 5.73. The maximum Gasteiger partial charge on any atom is 0.273 e. The number of halogens is 2. The third-order valence-electron chi connectivity index (χ3n) is 3.57. The summed E-state index contributed by atoms with van der Waals surface area (Å²) in [5.74, 6) is -2.61. The van der Waals surface area contributed by atoms with Crippen molar-refractivity contribution in [2.24, 2.45) is 0 Å². The van der Waals surface area contributed by atoms with E-state index in [0.29, 0.717) is 0 Å². The molecule has 0 unspecified atom stereocenters. The van der Waals surface area contributed by atoms with Gasteiger partial charge in [0.25, 0.3) is 11.8 Å². The summed E-state index contributed by atoms with van der Waals surface area (Å²) in [7, 11) is 0. The molecule has 0 aliphatic rings. The highest BCUT2D eigenvalue weighted by atomic mass is 35.5. The summed E-state index contributed by atoms with van der Waals surface area (Å²) < 4.78 is 13.6. The van der Waals surface area contributed by atoms with Gasteiger partial charge in [-0.3, -0.25) is 20.4 Å². The van der Waals surface area contributed by atoms with E-state index in [2.05, 4.69) is 10.9 Å². The van der Waals surface area contributed by atoms with Crippen molar-refractivity contribution in [2.75, 3.05) is 0 Å². The molecule has 0 saturated carbocycles. The summed E-state index contributed by atoms with van der Waals surface area (Å²) in [5.41, 5.74) is 3.90. The molecule has 126 valence electrons. The molecule has 3 aromatic rings. The van der Waals surface area contributed by atoms with Gasteiger partial charge in [-0.25, -0.2) is 4.39 Å². The first-order valence-corrected chi connectivity index (χ1v) is 7.61. The van der Waals surface area contributed by atoms with Crippen LogP contribution < -0.4 is 10.9 Å². The Bertz CT molecular complexity index is 991. The van der Waals surface area contributed by atoms with Crippen molar-refractivity contribution in [1.82, 2.24) is 10.9 Å². The fraction of sp³-hybridized carbons (Fsp3) is 0. The van der Waals surface area contributed by atoms with Gasteiger partial charge >= 0.3 is 0 Å². The van der Waals surface area contributed by atoms with E-state index in [1.54, 1.807) is 24.3 Å². The Hall–Kier alpha value is -3.12. The van der Waals surface area contributed by atoms with Crippen LogP contribution in [0.2, 0.25) is 5.02 Å². The molecule has 0 aromatic heterocycles. The Morgan fingerprint density at radius 2 is 1.48 bits per heavy atom. The fourth-order valence-electron chi connectivity index (χ4n) is 2.33. The molecule has 3 rings (SSSR count). The van der Waals surface area contributed by atoms with E-state index >= 15 is 0 Å². The third-order valence-corrected chi connectivity index (χ3v) is 3.81. The van der Waals surface area contributed by atoms with Crippen LogP contribution in [0.15, 0.2) is 54.6 Å². The van der Waals surface area contributed by atoms with Gasteiger partial charge in [0.15, 0.2) is 0 Å². The highest BCUT2D eigenvalue weighted by Crippen LogP contribution is 2.24. The molecule has 0 radical (unpaired) electrons. The second-order valence-corrected chi connectivity index (χ2v) is 5.69. The molecule has 3 N–H and O–H groups in total. The number of aromatic hydroxyl groups is 1. The predicted molar refractivity (Wildman–Crippen MR) is 92.0 cm³/mol. The molecule has 3 aromatic carbocycles. The summed E-state index contributed by atoms with van der Waals surface area (Å²) in [4.78, 5) is 24.2. The second kappa shape index (κ2) is 6.78. The van der Waals surface area contributed by atoms with Gasteiger partial charge in [0.2, 0.25) is 0 Å². The number of carbonyl (C=O) groups excluding carboxylic acids is 2. The molecule has 0 heterocycles. The number of hydrogen-bond donors (Lipinski definition) is 3. The highest BCUT2D eigenvalue weighted by Gasteiger charge is 2.16. The van der Waals surface area contributed by atoms with Gasteiger partial charge in [-0.1, -0.05) is 35.9 Å². The van der Waals surface area contributed by atoms with Crippen molar-refractivity contribution in [3.05, 3.63) is 76.6 Å². The van der Waals surface area contributed by atoms with Crippen LogP contribution in [0.1, 0.15) is 20.7 Å². The molecule has 25 heavy (non-hydrogen) atoms. The van der Waals surface area contributed by atoms with Gasteiger partial charge in [0, 0.05) is 5.02 Å². The first-order valence-electron chi connectivity index (χ1n) is 7.23. The van der Waals surface area contributed by atoms with Crippen LogP contribution in [0, 0.1) is 5.82 Å². The lowest BCUT2D eigenvalue weighted by Crippen LogP contribution is -2.42. The number of benzene rings is 3. The molecule has 0 atom stereocenters.